The first kappa shape index (κ1) is 17.4. The molecule has 0 bridgehead atoms. The SMILES string of the molecule is CC(=O)Oc1cn(-c2cc(C)cc(C)c2)c2nc(C)n3c4ccccc4nc3c12. The van der Waals surface area contributed by atoms with E-state index < -0.39 is 0 Å². The first-order valence-electron chi connectivity index (χ1n) is 9.48. The molecule has 0 fully saturated rings. The van der Waals surface area contributed by atoms with Gasteiger partial charge < -0.3 is 4.74 Å². The van der Waals surface area contributed by atoms with Crippen molar-refractivity contribution in [3.05, 3.63) is 65.6 Å². The van der Waals surface area contributed by atoms with Gasteiger partial charge >= 0.3 is 5.97 Å². The Morgan fingerprint density at radius 2 is 1.69 bits per heavy atom. The molecule has 0 aliphatic rings. The average Bonchev–Trinajstić information content (AvgIpc) is 3.19. The minimum absolute atomic E-state index is 0.376. The van der Waals surface area contributed by atoms with Gasteiger partial charge in [-0.1, -0.05) is 18.2 Å². The maximum Gasteiger partial charge on any atom is 0.308 e. The summed E-state index contributed by atoms with van der Waals surface area (Å²) in [5.74, 6) is 0.901. The lowest BCUT2D eigenvalue weighted by molar-refractivity contribution is -0.131. The molecule has 3 heterocycles. The fraction of sp³-hybridized carbons (Fsp3) is 0.174. The molecule has 0 aliphatic carbocycles. The van der Waals surface area contributed by atoms with Gasteiger partial charge in [-0.05, 0) is 56.2 Å². The van der Waals surface area contributed by atoms with Crippen molar-refractivity contribution in [1.82, 2.24) is 18.9 Å². The number of nitrogens with zero attached hydrogens (tertiary/aromatic N) is 4. The van der Waals surface area contributed by atoms with Gasteiger partial charge in [-0.3, -0.25) is 13.8 Å². The zero-order chi connectivity index (χ0) is 20.3. The minimum atomic E-state index is -0.376. The first-order chi connectivity index (χ1) is 13.9. The molecule has 144 valence electrons. The van der Waals surface area contributed by atoms with Crippen LogP contribution in [0.2, 0.25) is 0 Å². The molecule has 0 N–H and O–H groups in total. The maximum absolute atomic E-state index is 11.8. The first-order valence-corrected chi connectivity index (χ1v) is 9.48. The number of hydrogen-bond acceptors (Lipinski definition) is 4. The van der Waals surface area contributed by atoms with Crippen molar-refractivity contribution in [2.75, 3.05) is 0 Å². The van der Waals surface area contributed by atoms with Crippen LogP contribution in [-0.4, -0.2) is 24.9 Å². The zero-order valence-electron chi connectivity index (χ0n) is 16.7. The Kier molecular flexibility index (Phi) is 3.71. The van der Waals surface area contributed by atoms with E-state index in [0.29, 0.717) is 11.4 Å². The van der Waals surface area contributed by atoms with E-state index in [-0.39, 0.29) is 5.97 Å². The minimum Gasteiger partial charge on any atom is -0.424 e. The van der Waals surface area contributed by atoms with Gasteiger partial charge in [0.1, 0.15) is 11.2 Å². The van der Waals surface area contributed by atoms with Crippen LogP contribution in [0, 0.1) is 20.8 Å². The van der Waals surface area contributed by atoms with Crippen LogP contribution in [0.4, 0.5) is 0 Å². The quantitative estimate of drug-likeness (QED) is 0.415. The predicted molar refractivity (Wildman–Crippen MR) is 113 cm³/mol. The highest BCUT2D eigenvalue weighted by molar-refractivity contribution is 6.01. The smallest absolute Gasteiger partial charge is 0.308 e. The predicted octanol–water partition coefficient (Wildman–Crippen LogP) is 4.68. The average molecular weight is 384 g/mol. The zero-order valence-corrected chi connectivity index (χ0v) is 16.7. The van der Waals surface area contributed by atoms with Crippen LogP contribution in [0.15, 0.2) is 48.7 Å². The van der Waals surface area contributed by atoms with Crippen LogP contribution in [0.5, 0.6) is 5.75 Å². The number of hydrogen-bond donors (Lipinski definition) is 0. The monoisotopic (exact) mass is 384 g/mol. The Bertz CT molecular complexity index is 1420. The summed E-state index contributed by atoms with van der Waals surface area (Å²) >= 11 is 0. The van der Waals surface area contributed by atoms with E-state index in [2.05, 4.69) is 32.0 Å². The largest absolute Gasteiger partial charge is 0.424 e. The van der Waals surface area contributed by atoms with Crippen LogP contribution < -0.4 is 4.74 Å². The molecular formula is C23H20N4O2. The Balaban J connectivity index is 1.94. The number of benzene rings is 2. The van der Waals surface area contributed by atoms with E-state index in [1.54, 1.807) is 0 Å². The lowest BCUT2D eigenvalue weighted by Crippen LogP contribution is -2.02. The number of rotatable bonds is 2. The Hall–Kier alpha value is -3.67. The van der Waals surface area contributed by atoms with Crippen molar-refractivity contribution in [2.45, 2.75) is 27.7 Å². The Labute approximate surface area is 167 Å². The molecule has 0 atom stereocenters. The molecule has 29 heavy (non-hydrogen) atoms. The van der Waals surface area contributed by atoms with E-state index >= 15 is 0 Å². The summed E-state index contributed by atoms with van der Waals surface area (Å²) in [5.41, 5.74) is 6.57. The van der Waals surface area contributed by atoms with Gasteiger partial charge in [0.05, 0.1) is 17.2 Å². The van der Waals surface area contributed by atoms with Gasteiger partial charge in [0.15, 0.2) is 17.0 Å². The summed E-state index contributed by atoms with van der Waals surface area (Å²) in [6.45, 7) is 7.49. The topological polar surface area (TPSA) is 61.4 Å². The van der Waals surface area contributed by atoms with E-state index in [9.17, 15) is 4.79 Å². The summed E-state index contributed by atoms with van der Waals surface area (Å²) < 4.78 is 9.56. The second-order valence-corrected chi connectivity index (χ2v) is 7.42. The highest BCUT2D eigenvalue weighted by atomic mass is 16.5. The number of ether oxygens (including phenoxy) is 1. The van der Waals surface area contributed by atoms with Crippen LogP contribution in [0.1, 0.15) is 23.9 Å². The molecule has 2 aromatic carbocycles. The second kappa shape index (κ2) is 6.17. The molecule has 0 aliphatic heterocycles. The van der Waals surface area contributed by atoms with Crippen LogP contribution >= 0.6 is 0 Å². The second-order valence-electron chi connectivity index (χ2n) is 7.42. The number of imidazole rings is 1. The highest BCUT2D eigenvalue weighted by Crippen LogP contribution is 2.35. The lowest BCUT2D eigenvalue weighted by Gasteiger charge is -2.09. The number of carbonyl (C=O) groups excluding carboxylic acids is 1. The van der Waals surface area contributed by atoms with Gasteiger partial charge in [-0.25, -0.2) is 9.97 Å². The number of para-hydroxylation sites is 2. The number of aromatic nitrogens is 4. The van der Waals surface area contributed by atoms with Crippen LogP contribution in [0.25, 0.3) is 33.4 Å². The molecule has 3 aromatic heterocycles. The molecule has 0 radical (unpaired) electrons. The van der Waals surface area contributed by atoms with Crippen molar-refractivity contribution in [1.29, 1.82) is 0 Å². The molecule has 0 saturated carbocycles. The summed E-state index contributed by atoms with van der Waals surface area (Å²) in [6.07, 6.45) is 1.83. The number of esters is 1. The Morgan fingerprint density at radius 3 is 2.41 bits per heavy atom. The van der Waals surface area contributed by atoms with Crippen molar-refractivity contribution >= 4 is 33.7 Å². The van der Waals surface area contributed by atoms with Crippen molar-refractivity contribution in [3.8, 4) is 11.4 Å². The maximum atomic E-state index is 11.8. The summed E-state index contributed by atoms with van der Waals surface area (Å²) in [7, 11) is 0. The standard InChI is InChI=1S/C23H20N4O2/c1-13-9-14(2)11-17(10-13)26-12-20(29-16(4)28)21-22(26)24-15(3)27-19-8-6-5-7-18(19)25-23(21)27/h5-12H,1-4H3. The van der Waals surface area contributed by atoms with Gasteiger partial charge in [-0.2, -0.15) is 0 Å². The van der Waals surface area contributed by atoms with E-state index in [1.807, 2.05) is 46.4 Å². The normalized spacial score (nSPS) is 11.6. The highest BCUT2D eigenvalue weighted by Gasteiger charge is 2.21. The molecule has 0 amide bonds. The summed E-state index contributed by atoms with van der Waals surface area (Å²) in [4.78, 5) is 21.5. The van der Waals surface area contributed by atoms with Crippen molar-refractivity contribution < 1.29 is 9.53 Å². The molecule has 0 spiro atoms. The van der Waals surface area contributed by atoms with Crippen molar-refractivity contribution in [3.63, 3.8) is 0 Å². The number of aryl methyl sites for hydroxylation is 3. The molecule has 0 saturated heterocycles. The van der Waals surface area contributed by atoms with Crippen molar-refractivity contribution in [2.24, 2.45) is 0 Å². The molecule has 6 nitrogen and oxygen atoms in total. The molecular weight excluding hydrogens is 364 g/mol. The van der Waals surface area contributed by atoms with E-state index in [0.717, 1.165) is 44.7 Å². The van der Waals surface area contributed by atoms with Gasteiger partial charge in [0, 0.05) is 12.6 Å². The van der Waals surface area contributed by atoms with Crippen LogP contribution in [0.3, 0.4) is 0 Å². The lowest BCUT2D eigenvalue weighted by atomic mass is 10.1. The fourth-order valence-electron chi connectivity index (χ4n) is 4.04. The molecule has 0 unspecified atom stereocenters. The summed E-state index contributed by atoms with van der Waals surface area (Å²) in [5, 5.41) is 0.723. The number of fused-ring (bicyclic) bond motifs is 5. The third kappa shape index (κ3) is 2.68. The van der Waals surface area contributed by atoms with E-state index in [4.69, 9.17) is 14.7 Å². The molecule has 5 rings (SSSR count). The third-order valence-electron chi connectivity index (χ3n) is 5.06. The molecule has 5 aromatic rings. The Morgan fingerprint density at radius 1 is 0.966 bits per heavy atom. The number of carbonyl (C=O) groups is 1. The van der Waals surface area contributed by atoms with E-state index in [1.165, 1.54) is 6.92 Å². The molecule has 6 heteroatoms. The fourth-order valence-corrected chi connectivity index (χ4v) is 4.04. The van der Waals surface area contributed by atoms with Gasteiger partial charge in [-0.15, -0.1) is 0 Å². The summed E-state index contributed by atoms with van der Waals surface area (Å²) in [6, 6.07) is 14.2. The van der Waals surface area contributed by atoms with Crippen LogP contribution in [-0.2, 0) is 4.79 Å². The van der Waals surface area contributed by atoms with Gasteiger partial charge in [0.25, 0.3) is 0 Å². The third-order valence-corrected chi connectivity index (χ3v) is 5.06. The van der Waals surface area contributed by atoms with Gasteiger partial charge in [0.2, 0.25) is 0 Å².